The van der Waals surface area contributed by atoms with Gasteiger partial charge in [-0.2, -0.15) is 0 Å². The van der Waals surface area contributed by atoms with Crippen molar-refractivity contribution in [3.63, 3.8) is 0 Å². The molecule has 0 unspecified atom stereocenters. The Balaban J connectivity index is 2.06. The molecular formula is C14H29NO2. The summed E-state index contributed by atoms with van der Waals surface area (Å²) >= 11 is 0. The fourth-order valence-corrected chi connectivity index (χ4v) is 2.07. The van der Waals surface area contributed by atoms with Crippen LogP contribution in [0.4, 0.5) is 0 Å². The van der Waals surface area contributed by atoms with E-state index in [4.69, 9.17) is 9.47 Å². The van der Waals surface area contributed by atoms with E-state index in [0.717, 1.165) is 52.4 Å². The maximum atomic E-state index is 5.87. The van der Waals surface area contributed by atoms with Gasteiger partial charge in [-0.25, -0.2) is 0 Å². The summed E-state index contributed by atoms with van der Waals surface area (Å²) in [5.74, 6) is 0.711. The molecule has 1 fully saturated rings. The summed E-state index contributed by atoms with van der Waals surface area (Å²) in [6.07, 6.45) is 3.52. The Bertz CT molecular complexity index is 189. The minimum atomic E-state index is 0.236. The molecule has 1 saturated heterocycles. The van der Waals surface area contributed by atoms with Crippen LogP contribution in [-0.4, -0.2) is 39.5 Å². The molecule has 0 atom stereocenters. The smallest absolute Gasteiger partial charge is 0.0529 e. The molecular weight excluding hydrogens is 214 g/mol. The van der Waals surface area contributed by atoms with Gasteiger partial charge in [-0.1, -0.05) is 20.8 Å². The summed E-state index contributed by atoms with van der Waals surface area (Å²) in [6, 6.07) is 0. The first kappa shape index (κ1) is 14.9. The van der Waals surface area contributed by atoms with Crippen LogP contribution < -0.4 is 5.32 Å². The zero-order valence-corrected chi connectivity index (χ0v) is 11.8. The third-order valence-electron chi connectivity index (χ3n) is 3.22. The summed E-state index contributed by atoms with van der Waals surface area (Å²) in [6.45, 7) is 12.4. The SMILES string of the molecule is CCCNCC(C)(C)COCC1CCOCC1. The fourth-order valence-electron chi connectivity index (χ4n) is 2.07. The highest BCUT2D eigenvalue weighted by atomic mass is 16.5. The number of nitrogens with one attached hydrogen (secondary N) is 1. The van der Waals surface area contributed by atoms with Gasteiger partial charge in [0.05, 0.1) is 6.61 Å². The van der Waals surface area contributed by atoms with Crippen LogP contribution >= 0.6 is 0 Å². The van der Waals surface area contributed by atoms with Crippen LogP contribution in [0.15, 0.2) is 0 Å². The third kappa shape index (κ3) is 7.02. The van der Waals surface area contributed by atoms with Crippen molar-refractivity contribution in [1.82, 2.24) is 5.32 Å². The molecule has 0 aromatic carbocycles. The summed E-state index contributed by atoms with van der Waals surface area (Å²) in [5.41, 5.74) is 0.236. The van der Waals surface area contributed by atoms with Crippen LogP contribution in [0.2, 0.25) is 0 Å². The van der Waals surface area contributed by atoms with Crippen molar-refractivity contribution in [2.24, 2.45) is 11.3 Å². The molecule has 0 aromatic heterocycles. The molecule has 17 heavy (non-hydrogen) atoms. The molecule has 0 saturated carbocycles. The zero-order valence-electron chi connectivity index (χ0n) is 11.8. The van der Waals surface area contributed by atoms with Gasteiger partial charge in [0.15, 0.2) is 0 Å². The Morgan fingerprint density at radius 1 is 1.29 bits per heavy atom. The van der Waals surface area contributed by atoms with E-state index in [1.807, 2.05) is 0 Å². The minimum Gasteiger partial charge on any atom is -0.381 e. The number of hydrogen-bond acceptors (Lipinski definition) is 3. The van der Waals surface area contributed by atoms with E-state index in [1.54, 1.807) is 0 Å². The van der Waals surface area contributed by atoms with E-state index in [9.17, 15) is 0 Å². The van der Waals surface area contributed by atoms with Crippen molar-refractivity contribution in [1.29, 1.82) is 0 Å². The van der Waals surface area contributed by atoms with Crippen LogP contribution in [0.1, 0.15) is 40.0 Å². The topological polar surface area (TPSA) is 30.5 Å². The molecule has 102 valence electrons. The van der Waals surface area contributed by atoms with Gasteiger partial charge in [0.1, 0.15) is 0 Å². The molecule has 1 N–H and O–H groups in total. The van der Waals surface area contributed by atoms with Gasteiger partial charge in [-0.05, 0) is 31.7 Å². The second kappa shape index (κ2) is 8.06. The van der Waals surface area contributed by atoms with Crippen molar-refractivity contribution in [3.05, 3.63) is 0 Å². The van der Waals surface area contributed by atoms with Crippen LogP contribution in [0.3, 0.4) is 0 Å². The van der Waals surface area contributed by atoms with Gasteiger partial charge in [0, 0.05) is 31.8 Å². The van der Waals surface area contributed by atoms with Crippen molar-refractivity contribution in [2.75, 3.05) is 39.5 Å². The predicted octanol–water partition coefficient (Wildman–Crippen LogP) is 2.46. The predicted molar refractivity (Wildman–Crippen MR) is 71.3 cm³/mol. The maximum absolute atomic E-state index is 5.87. The second-order valence-corrected chi connectivity index (χ2v) is 5.91. The minimum absolute atomic E-state index is 0.236. The lowest BCUT2D eigenvalue weighted by Gasteiger charge is -2.27. The van der Waals surface area contributed by atoms with Crippen molar-refractivity contribution in [2.45, 2.75) is 40.0 Å². The van der Waals surface area contributed by atoms with Crippen LogP contribution in [0.5, 0.6) is 0 Å². The average Bonchev–Trinajstić information content (AvgIpc) is 2.30. The summed E-state index contributed by atoms with van der Waals surface area (Å²) in [4.78, 5) is 0. The lowest BCUT2D eigenvalue weighted by molar-refractivity contribution is -0.00152. The summed E-state index contributed by atoms with van der Waals surface area (Å²) < 4.78 is 11.2. The van der Waals surface area contributed by atoms with Gasteiger partial charge in [-0.15, -0.1) is 0 Å². The first-order valence-electron chi connectivity index (χ1n) is 7.00. The van der Waals surface area contributed by atoms with E-state index >= 15 is 0 Å². The van der Waals surface area contributed by atoms with Crippen LogP contribution in [-0.2, 0) is 9.47 Å². The standard InChI is InChI=1S/C14H29NO2/c1-4-7-15-11-14(2,3)12-17-10-13-5-8-16-9-6-13/h13,15H,4-12H2,1-3H3. The molecule has 3 nitrogen and oxygen atoms in total. The number of rotatable bonds is 8. The van der Waals surface area contributed by atoms with Gasteiger partial charge >= 0.3 is 0 Å². The highest BCUT2D eigenvalue weighted by molar-refractivity contribution is 4.71. The van der Waals surface area contributed by atoms with Crippen molar-refractivity contribution >= 4 is 0 Å². The average molecular weight is 243 g/mol. The Morgan fingerprint density at radius 2 is 2.00 bits per heavy atom. The van der Waals surface area contributed by atoms with Gasteiger partial charge in [0.2, 0.25) is 0 Å². The molecule has 1 heterocycles. The highest BCUT2D eigenvalue weighted by Gasteiger charge is 2.19. The first-order chi connectivity index (χ1) is 8.14. The van der Waals surface area contributed by atoms with Crippen LogP contribution in [0, 0.1) is 11.3 Å². The Hall–Kier alpha value is -0.120. The molecule has 0 bridgehead atoms. The van der Waals surface area contributed by atoms with E-state index in [-0.39, 0.29) is 5.41 Å². The molecule has 0 amide bonds. The number of ether oxygens (including phenoxy) is 2. The Morgan fingerprint density at radius 3 is 2.65 bits per heavy atom. The molecule has 1 rings (SSSR count). The molecule has 0 radical (unpaired) electrons. The van der Waals surface area contributed by atoms with Gasteiger partial charge in [0.25, 0.3) is 0 Å². The molecule has 0 aromatic rings. The van der Waals surface area contributed by atoms with E-state index in [1.165, 1.54) is 6.42 Å². The highest BCUT2D eigenvalue weighted by Crippen LogP contribution is 2.18. The summed E-state index contributed by atoms with van der Waals surface area (Å²) in [7, 11) is 0. The van der Waals surface area contributed by atoms with Crippen molar-refractivity contribution in [3.8, 4) is 0 Å². The Kier molecular flexibility index (Phi) is 7.09. The third-order valence-corrected chi connectivity index (χ3v) is 3.22. The molecule has 0 spiro atoms. The molecule has 3 heteroatoms. The normalized spacial score (nSPS) is 18.5. The van der Waals surface area contributed by atoms with Gasteiger partial charge < -0.3 is 14.8 Å². The van der Waals surface area contributed by atoms with Crippen molar-refractivity contribution < 1.29 is 9.47 Å². The second-order valence-electron chi connectivity index (χ2n) is 5.91. The summed E-state index contributed by atoms with van der Waals surface area (Å²) in [5, 5.41) is 3.46. The molecule has 1 aliphatic heterocycles. The molecule has 0 aliphatic carbocycles. The molecule has 1 aliphatic rings. The maximum Gasteiger partial charge on any atom is 0.0529 e. The lowest BCUT2D eigenvalue weighted by atomic mass is 9.94. The zero-order chi connectivity index (χ0) is 12.6. The van der Waals surface area contributed by atoms with E-state index in [0.29, 0.717) is 5.92 Å². The van der Waals surface area contributed by atoms with Gasteiger partial charge in [-0.3, -0.25) is 0 Å². The first-order valence-corrected chi connectivity index (χ1v) is 7.00. The quantitative estimate of drug-likeness (QED) is 0.664. The Labute approximate surface area is 106 Å². The fraction of sp³-hybridized carbons (Fsp3) is 1.00. The lowest BCUT2D eigenvalue weighted by Crippen LogP contribution is -2.34. The van der Waals surface area contributed by atoms with E-state index < -0.39 is 0 Å². The largest absolute Gasteiger partial charge is 0.381 e. The number of hydrogen-bond donors (Lipinski definition) is 1. The van der Waals surface area contributed by atoms with Crippen LogP contribution in [0.25, 0.3) is 0 Å². The monoisotopic (exact) mass is 243 g/mol. The van der Waals surface area contributed by atoms with E-state index in [2.05, 4.69) is 26.1 Å².